The van der Waals surface area contributed by atoms with Crippen LogP contribution in [0.1, 0.15) is 16.8 Å². The third-order valence-corrected chi connectivity index (χ3v) is 3.69. The minimum atomic E-state index is -0.656. The Labute approximate surface area is 133 Å². The Bertz CT molecular complexity index is 550. The van der Waals surface area contributed by atoms with Gasteiger partial charge < -0.3 is 9.80 Å². The predicted octanol–water partition coefficient (Wildman–Crippen LogP) is 2.93. The zero-order valence-corrected chi connectivity index (χ0v) is 13.6. The summed E-state index contributed by atoms with van der Waals surface area (Å²) in [7, 11) is 5.54. The fourth-order valence-corrected chi connectivity index (χ4v) is 2.17. The van der Waals surface area contributed by atoms with Gasteiger partial charge in [-0.2, -0.15) is 0 Å². The molecule has 1 amide bonds. The van der Waals surface area contributed by atoms with Crippen LogP contribution in [0.15, 0.2) is 12.1 Å². The summed E-state index contributed by atoms with van der Waals surface area (Å²) >= 11 is 11.6. The fourth-order valence-electron chi connectivity index (χ4n) is 1.78. The van der Waals surface area contributed by atoms with E-state index in [1.165, 1.54) is 11.0 Å². The van der Waals surface area contributed by atoms with Crippen LogP contribution in [0.2, 0.25) is 10.0 Å². The molecule has 0 fully saturated rings. The standard InChI is InChI=1S/C13H17Cl2N3O3/c1-16(2)5-4-6-17(3)13(19)9-7-10(14)12(15)11(8-9)18(20)21/h7-8H,4-6H2,1-3H3. The van der Waals surface area contributed by atoms with Gasteiger partial charge >= 0.3 is 0 Å². The maximum Gasteiger partial charge on any atom is 0.290 e. The van der Waals surface area contributed by atoms with Crippen LogP contribution in [0.25, 0.3) is 0 Å². The number of nitro groups is 1. The van der Waals surface area contributed by atoms with E-state index >= 15 is 0 Å². The third kappa shape index (κ3) is 4.84. The van der Waals surface area contributed by atoms with Crippen molar-refractivity contribution in [3.63, 3.8) is 0 Å². The fraction of sp³-hybridized carbons (Fsp3) is 0.462. The largest absolute Gasteiger partial charge is 0.342 e. The summed E-state index contributed by atoms with van der Waals surface area (Å²) in [6.07, 6.45) is 0.804. The molecular weight excluding hydrogens is 317 g/mol. The van der Waals surface area contributed by atoms with Crippen LogP contribution in [0.3, 0.4) is 0 Å². The molecule has 1 aromatic carbocycles. The molecule has 0 aromatic heterocycles. The Balaban J connectivity index is 2.89. The SMILES string of the molecule is CN(C)CCCN(C)C(=O)c1cc(Cl)c(Cl)c([N+](=O)[O-])c1. The van der Waals surface area contributed by atoms with E-state index in [2.05, 4.69) is 0 Å². The topological polar surface area (TPSA) is 66.7 Å². The van der Waals surface area contributed by atoms with Crippen molar-refractivity contribution < 1.29 is 9.72 Å². The van der Waals surface area contributed by atoms with Gasteiger partial charge in [-0.15, -0.1) is 0 Å². The van der Waals surface area contributed by atoms with E-state index in [1.807, 2.05) is 19.0 Å². The lowest BCUT2D eigenvalue weighted by molar-refractivity contribution is -0.384. The highest BCUT2D eigenvalue weighted by Crippen LogP contribution is 2.33. The van der Waals surface area contributed by atoms with Crippen molar-refractivity contribution in [3.05, 3.63) is 37.9 Å². The minimum absolute atomic E-state index is 0.00379. The van der Waals surface area contributed by atoms with Crippen molar-refractivity contribution in [3.8, 4) is 0 Å². The minimum Gasteiger partial charge on any atom is -0.342 e. The molecule has 6 nitrogen and oxygen atoms in total. The second-order valence-corrected chi connectivity index (χ2v) is 5.72. The van der Waals surface area contributed by atoms with Crippen molar-refractivity contribution in [2.24, 2.45) is 0 Å². The van der Waals surface area contributed by atoms with Gasteiger partial charge in [-0.3, -0.25) is 14.9 Å². The first-order valence-electron chi connectivity index (χ1n) is 6.27. The van der Waals surface area contributed by atoms with Crippen LogP contribution in [-0.2, 0) is 0 Å². The van der Waals surface area contributed by atoms with E-state index < -0.39 is 4.92 Å². The Hall–Kier alpha value is -1.37. The Morgan fingerprint density at radius 1 is 1.24 bits per heavy atom. The molecule has 8 heteroatoms. The maximum atomic E-state index is 12.2. The maximum absolute atomic E-state index is 12.2. The first kappa shape index (κ1) is 17.7. The number of halogens is 2. The van der Waals surface area contributed by atoms with Gasteiger partial charge in [0.1, 0.15) is 5.02 Å². The summed E-state index contributed by atoms with van der Waals surface area (Å²) in [6.45, 7) is 1.39. The van der Waals surface area contributed by atoms with Gasteiger partial charge in [-0.25, -0.2) is 0 Å². The van der Waals surface area contributed by atoms with E-state index in [4.69, 9.17) is 23.2 Å². The normalized spacial score (nSPS) is 10.8. The van der Waals surface area contributed by atoms with Gasteiger partial charge in [0, 0.05) is 25.2 Å². The highest BCUT2D eigenvalue weighted by Gasteiger charge is 2.21. The molecule has 0 aliphatic rings. The zero-order valence-electron chi connectivity index (χ0n) is 12.1. The van der Waals surface area contributed by atoms with Crippen LogP contribution in [-0.4, -0.2) is 54.9 Å². The van der Waals surface area contributed by atoms with E-state index in [1.54, 1.807) is 7.05 Å². The van der Waals surface area contributed by atoms with E-state index in [0.717, 1.165) is 19.0 Å². The van der Waals surface area contributed by atoms with Crippen LogP contribution >= 0.6 is 23.2 Å². The number of benzene rings is 1. The molecule has 0 saturated heterocycles. The van der Waals surface area contributed by atoms with Gasteiger partial charge in [0.2, 0.25) is 0 Å². The molecule has 0 radical (unpaired) electrons. The summed E-state index contributed by atoms with van der Waals surface area (Å²) in [4.78, 5) is 26.0. The first-order valence-corrected chi connectivity index (χ1v) is 7.03. The lowest BCUT2D eigenvalue weighted by Crippen LogP contribution is -2.29. The average Bonchev–Trinajstić information content (AvgIpc) is 2.39. The summed E-state index contributed by atoms with van der Waals surface area (Å²) in [5.41, 5.74) is -0.210. The smallest absolute Gasteiger partial charge is 0.290 e. The first-order chi connectivity index (χ1) is 9.73. The number of carbonyl (C=O) groups is 1. The Kier molecular flexibility index (Phi) is 6.39. The van der Waals surface area contributed by atoms with Crippen molar-refractivity contribution >= 4 is 34.8 Å². The van der Waals surface area contributed by atoms with Crippen LogP contribution in [0, 0.1) is 10.1 Å². The van der Waals surface area contributed by atoms with Gasteiger partial charge in [-0.1, -0.05) is 23.2 Å². The van der Waals surface area contributed by atoms with E-state index in [-0.39, 0.29) is 27.2 Å². The molecule has 0 unspecified atom stereocenters. The van der Waals surface area contributed by atoms with Crippen molar-refractivity contribution in [2.45, 2.75) is 6.42 Å². The van der Waals surface area contributed by atoms with Crippen molar-refractivity contribution in [1.29, 1.82) is 0 Å². The average molecular weight is 334 g/mol. The second kappa shape index (κ2) is 7.59. The molecule has 0 aliphatic heterocycles. The predicted molar refractivity (Wildman–Crippen MR) is 83.2 cm³/mol. The molecule has 1 rings (SSSR count). The molecule has 116 valence electrons. The molecule has 0 aliphatic carbocycles. The van der Waals surface area contributed by atoms with Crippen LogP contribution in [0.5, 0.6) is 0 Å². The molecular formula is C13H17Cl2N3O3. The number of rotatable bonds is 6. The molecule has 0 saturated carbocycles. The van der Waals surface area contributed by atoms with E-state index in [9.17, 15) is 14.9 Å². The number of amides is 1. The van der Waals surface area contributed by atoms with Crippen molar-refractivity contribution in [1.82, 2.24) is 9.80 Å². The lowest BCUT2D eigenvalue weighted by Gasteiger charge is -2.18. The van der Waals surface area contributed by atoms with E-state index in [0.29, 0.717) is 6.54 Å². The van der Waals surface area contributed by atoms with Crippen LogP contribution in [0.4, 0.5) is 5.69 Å². The van der Waals surface area contributed by atoms with Gasteiger partial charge in [0.15, 0.2) is 0 Å². The second-order valence-electron chi connectivity index (χ2n) is 4.93. The van der Waals surface area contributed by atoms with Gasteiger partial charge in [-0.05, 0) is 33.1 Å². The molecule has 21 heavy (non-hydrogen) atoms. The number of hydrogen-bond donors (Lipinski definition) is 0. The quantitative estimate of drug-likeness (QED) is 0.593. The monoisotopic (exact) mass is 333 g/mol. The summed E-state index contributed by atoms with van der Waals surface area (Å²) in [6, 6.07) is 2.50. The van der Waals surface area contributed by atoms with Gasteiger partial charge in [0.05, 0.1) is 9.95 Å². The highest BCUT2D eigenvalue weighted by atomic mass is 35.5. The third-order valence-electron chi connectivity index (χ3n) is 2.90. The zero-order chi connectivity index (χ0) is 16.2. The summed E-state index contributed by atoms with van der Waals surface area (Å²) < 4.78 is 0. The number of nitrogens with zero attached hydrogens (tertiary/aromatic N) is 3. The molecule has 0 spiro atoms. The molecule has 0 heterocycles. The lowest BCUT2D eigenvalue weighted by atomic mass is 10.1. The summed E-state index contributed by atoms with van der Waals surface area (Å²) in [5, 5.41) is 10.7. The molecule has 0 bridgehead atoms. The molecule has 0 atom stereocenters. The molecule has 1 aromatic rings. The number of hydrogen-bond acceptors (Lipinski definition) is 4. The number of carbonyl (C=O) groups excluding carboxylic acids is 1. The highest BCUT2D eigenvalue weighted by molar-refractivity contribution is 6.43. The summed E-state index contributed by atoms with van der Waals surface area (Å²) in [5.74, 6) is -0.324. The Morgan fingerprint density at radius 3 is 2.38 bits per heavy atom. The number of nitro benzene ring substituents is 1. The van der Waals surface area contributed by atoms with Gasteiger partial charge in [0.25, 0.3) is 11.6 Å². The Morgan fingerprint density at radius 2 is 1.86 bits per heavy atom. The molecule has 0 N–H and O–H groups in total. The van der Waals surface area contributed by atoms with Crippen molar-refractivity contribution in [2.75, 3.05) is 34.2 Å². The van der Waals surface area contributed by atoms with Crippen LogP contribution < -0.4 is 0 Å².